The minimum Gasteiger partial charge on any atom is -0.377 e. The summed E-state index contributed by atoms with van der Waals surface area (Å²) in [7, 11) is 0. The van der Waals surface area contributed by atoms with Crippen LogP contribution in [0.25, 0.3) is 0 Å². The molecule has 1 aromatic carbocycles. The standard InChI is InChI=1S/C7H7Cl2NO/c8-5-2-1-3-6(7(5)9)10-4-11/h1-3,10-11H,4H2. The van der Waals surface area contributed by atoms with Crippen molar-refractivity contribution in [3.05, 3.63) is 28.2 Å². The Morgan fingerprint density at radius 1 is 1.36 bits per heavy atom. The van der Waals surface area contributed by atoms with Crippen LogP contribution in [0, 0.1) is 0 Å². The van der Waals surface area contributed by atoms with Crippen LogP contribution in [0.1, 0.15) is 0 Å². The molecule has 0 saturated carbocycles. The van der Waals surface area contributed by atoms with E-state index in [4.69, 9.17) is 28.3 Å². The normalized spacial score (nSPS) is 9.73. The molecule has 1 aromatic rings. The summed E-state index contributed by atoms with van der Waals surface area (Å²) in [5, 5.41) is 12.1. The molecule has 0 aliphatic carbocycles. The molecule has 2 N–H and O–H groups in total. The molecule has 0 bridgehead atoms. The largest absolute Gasteiger partial charge is 0.377 e. The van der Waals surface area contributed by atoms with Gasteiger partial charge in [0.1, 0.15) is 6.73 Å². The van der Waals surface area contributed by atoms with Crippen LogP contribution >= 0.6 is 23.2 Å². The maximum Gasteiger partial charge on any atom is 0.113 e. The van der Waals surface area contributed by atoms with Crippen LogP contribution in [0.4, 0.5) is 5.69 Å². The lowest BCUT2D eigenvalue weighted by atomic mass is 10.3. The van der Waals surface area contributed by atoms with E-state index in [2.05, 4.69) is 5.32 Å². The second-order valence-electron chi connectivity index (χ2n) is 1.94. The number of benzene rings is 1. The van der Waals surface area contributed by atoms with Crippen molar-refractivity contribution >= 4 is 28.9 Å². The Bertz CT molecular complexity index is 252. The zero-order valence-electron chi connectivity index (χ0n) is 5.64. The van der Waals surface area contributed by atoms with Gasteiger partial charge in [-0.05, 0) is 12.1 Å². The van der Waals surface area contributed by atoms with E-state index in [9.17, 15) is 0 Å². The molecular weight excluding hydrogens is 185 g/mol. The highest BCUT2D eigenvalue weighted by molar-refractivity contribution is 6.43. The van der Waals surface area contributed by atoms with Crippen molar-refractivity contribution in [1.82, 2.24) is 0 Å². The molecule has 0 heterocycles. The minimum absolute atomic E-state index is 0.153. The van der Waals surface area contributed by atoms with Gasteiger partial charge >= 0.3 is 0 Å². The third kappa shape index (κ3) is 1.99. The van der Waals surface area contributed by atoms with Crippen LogP contribution in [0.15, 0.2) is 18.2 Å². The van der Waals surface area contributed by atoms with Crippen LogP contribution in [0.2, 0.25) is 10.0 Å². The number of hydrogen-bond donors (Lipinski definition) is 2. The second kappa shape index (κ2) is 3.81. The summed E-state index contributed by atoms with van der Waals surface area (Å²) in [6.45, 7) is -0.153. The highest BCUT2D eigenvalue weighted by atomic mass is 35.5. The van der Waals surface area contributed by atoms with E-state index in [1.165, 1.54) is 0 Å². The zero-order chi connectivity index (χ0) is 8.27. The maximum atomic E-state index is 8.52. The molecule has 0 aliphatic rings. The van der Waals surface area contributed by atoms with Crippen LogP contribution in [0.3, 0.4) is 0 Å². The smallest absolute Gasteiger partial charge is 0.113 e. The SMILES string of the molecule is OCNc1cccc(Cl)c1Cl. The fraction of sp³-hybridized carbons (Fsp3) is 0.143. The van der Waals surface area contributed by atoms with Gasteiger partial charge in [-0.3, -0.25) is 0 Å². The molecule has 0 saturated heterocycles. The molecule has 60 valence electrons. The molecule has 0 unspecified atom stereocenters. The summed E-state index contributed by atoms with van der Waals surface area (Å²) < 4.78 is 0. The Morgan fingerprint density at radius 2 is 2.09 bits per heavy atom. The average molecular weight is 192 g/mol. The van der Waals surface area contributed by atoms with Gasteiger partial charge in [0.2, 0.25) is 0 Å². The van der Waals surface area contributed by atoms with Gasteiger partial charge in [-0.25, -0.2) is 0 Å². The maximum absolute atomic E-state index is 8.52. The van der Waals surface area contributed by atoms with Crippen LogP contribution in [-0.4, -0.2) is 11.8 Å². The lowest BCUT2D eigenvalue weighted by Crippen LogP contribution is -1.99. The predicted molar refractivity (Wildman–Crippen MR) is 47.2 cm³/mol. The lowest BCUT2D eigenvalue weighted by Gasteiger charge is -2.05. The van der Waals surface area contributed by atoms with Crippen molar-refractivity contribution in [2.24, 2.45) is 0 Å². The monoisotopic (exact) mass is 191 g/mol. The van der Waals surface area contributed by atoms with Gasteiger partial charge in [-0.15, -0.1) is 0 Å². The first-order valence-electron chi connectivity index (χ1n) is 3.04. The summed E-state index contributed by atoms with van der Waals surface area (Å²) in [6.07, 6.45) is 0. The second-order valence-corrected chi connectivity index (χ2v) is 2.72. The Balaban J connectivity index is 2.96. The van der Waals surface area contributed by atoms with Crippen molar-refractivity contribution in [2.75, 3.05) is 12.0 Å². The highest BCUT2D eigenvalue weighted by Crippen LogP contribution is 2.28. The fourth-order valence-corrected chi connectivity index (χ4v) is 1.09. The summed E-state index contributed by atoms with van der Waals surface area (Å²) in [5.74, 6) is 0. The number of halogens is 2. The van der Waals surface area contributed by atoms with Gasteiger partial charge in [0.15, 0.2) is 0 Å². The Morgan fingerprint density at radius 3 is 2.73 bits per heavy atom. The molecule has 0 aromatic heterocycles. The number of anilines is 1. The van der Waals surface area contributed by atoms with Gasteiger partial charge in [0.05, 0.1) is 15.7 Å². The molecule has 0 atom stereocenters. The van der Waals surface area contributed by atoms with Crippen molar-refractivity contribution in [2.45, 2.75) is 0 Å². The topological polar surface area (TPSA) is 32.3 Å². The number of aliphatic hydroxyl groups excluding tert-OH is 1. The van der Waals surface area contributed by atoms with E-state index in [-0.39, 0.29) is 6.73 Å². The first kappa shape index (κ1) is 8.65. The van der Waals surface area contributed by atoms with Crippen molar-refractivity contribution in [1.29, 1.82) is 0 Å². The summed E-state index contributed by atoms with van der Waals surface area (Å²) in [4.78, 5) is 0. The van der Waals surface area contributed by atoms with Crippen molar-refractivity contribution < 1.29 is 5.11 Å². The number of hydrogen-bond acceptors (Lipinski definition) is 2. The lowest BCUT2D eigenvalue weighted by molar-refractivity contribution is 0.325. The summed E-state index contributed by atoms with van der Waals surface area (Å²) in [5.41, 5.74) is 0.640. The minimum atomic E-state index is -0.153. The number of nitrogens with one attached hydrogen (secondary N) is 1. The van der Waals surface area contributed by atoms with Gasteiger partial charge in [0.25, 0.3) is 0 Å². The first-order chi connectivity index (χ1) is 5.25. The third-order valence-corrected chi connectivity index (χ3v) is 2.04. The summed E-state index contributed by atoms with van der Waals surface area (Å²) >= 11 is 11.5. The highest BCUT2D eigenvalue weighted by Gasteiger charge is 2.01. The first-order valence-corrected chi connectivity index (χ1v) is 3.80. The average Bonchev–Trinajstić information content (AvgIpc) is 1.99. The van der Waals surface area contributed by atoms with Crippen LogP contribution in [-0.2, 0) is 0 Å². The molecule has 11 heavy (non-hydrogen) atoms. The van der Waals surface area contributed by atoms with E-state index in [1.807, 2.05) is 0 Å². The Kier molecular flexibility index (Phi) is 3.00. The van der Waals surface area contributed by atoms with E-state index in [0.717, 1.165) is 0 Å². The van der Waals surface area contributed by atoms with Crippen molar-refractivity contribution in [3.63, 3.8) is 0 Å². The van der Waals surface area contributed by atoms with Crippen molar-refractivity contribution in [3.8, 4) is 0 Å². The van der Waals surface area contributed by atoms with E-state index in [0.29, 0.717) is 15.7 Å². The molecular formula is C7H7Cl2NO. The van der Waals surface area contributed by atoms with E-state index >= 15 is 0 Å². The van der Waals surface area contributed by atoms with E-state index in [1.54, 1.807) is 18.2 Å². The molecule has 0 aliphatic heterocycles. The van der Waals surface area contributed by atoms with Gasteiger partial charge in [-0.1, -0.05) is 29.3 Å². The van der Waals surface area contributed by atoms with Gasteiger partial charge in [-0.2, -0.15) is 0 Å². The molecule has 0 fully saturated rings. The number of aliphatic hydroxyl groups is 1. The molecule has 4 heteroatoms. The van der Waals surface area contributed by atoms with E-state index < -0.39 is 0 Å². The molecule has 2 nitrogen and oxygen atoms in total. The third-order valence-electron chi connectivity index (χ3n) is 1.22. The quantitative estimate of drug-likeness (QED) is 0.705. The molecule has 0 spiro atoms. The molecule has 1 rings (SSSR count). The zero-order valence-corrected chi connectivity index (χ0v) is 7.15. The predicted octanol–water partition coefficient (Wildman–Crippen LogP) is 2.36. The Labute approximate surface area is 74.7 Å². The summed E-state index contributed by atoms with van der Waals surface area (Å²) in [6, 6.07) is 5.18. The number of rotatable bonds is 2. The molecule has 0 amide bonds. The fourth-order valence-electron chi connectivity index (χ4n) is 0.725. The Hall–Kier alpha value is -0.440. The molecule has 0 radical (unpaired) electrons. The van der Waals surface area contributed by atoms with Gasteiger partial charge in [0, 0.05) is 0 Å². The van der Waals surface area contributed by atoms with Crippen LogP contribution in [0.5, 0.6) is 0 Å². The van der Waals surface area contributed by atoms with Crippen LogP contribution < -0.4 is 5.32 Å². The van der Waals surface area contributed by atoms with Gasteiger partial charge < -0.3 is 10.4 Å².